The first-order chi connectivity index (χ1) is 5.21. The average Bonchev–Trinajstić information content (AvgIpc) is 1.76. The van der Waals surface area contributed by atoms with Crippen LogP contribution < -0.4 is 4.72 Å². The minimum Gasteiger partial charge on any atom is -0.215 e. The molecule has 1 N–H and O–H groups in total. The van der Waals surface area contributed by atoms with Crippen molar-refractivity contribution in [3.63, 3.8) is 0 Å². The normalized spacial score (nSPS) is 13.3. The summed E-state index contributed by atoms with van der Waals surface area (Å²) in [6.07, 6.45) is 1.18. The van der Waals surface area contributed by atoms with E-state index in [-0.39, 0.29) is 4.75 Å². The van der Waals surface area contributed by atoms with Crippen LogP contribution in [-0.2, 0) is 10.0 Å². The van der Waals surface area contributed by atoms with Crippen LogP contribution in [0.4, 0.5) is 0 Å². The van der Waals surface area contributed by atoms with Crippen molar-refractivity contribution in [1.29, 1.82) is 0 Å². The van der Waals surface area contributed by atoms with Gasteiger partial charge < -0.3 is 0 Å². The maximum atomic E-state index is 10.6. The van der Waals surface area contributed by atoms with Crippen LogP contribution in [0, 0.1) is 0 Å². The Kier molecular flexibility index (Phi) is 4.58. The maximum absolute atomic E-state index is 10.6. The number of hydrogen-bond acceptors (Lipinski definition) is 3. The quantitative estimate of drug-likeness (QED) is 0.708. The smallest absolute Gasteiger partial charge is 0.208 e. The van der Waals surface area contributed by atoms with Gasteiger partial charge in [0.05, 0.1) is 6.26 Å². The number of sulfonamides is 1. The van der Waals surface area contributed by atoms with E-state index in [9.17, 15) is 8.42 Å². The van der Waals surface area contributed by atoms with Gasteiger partial charge in [-0.05, 0) is 0 Å². The number of nitrogens with one attached hydrogen (secondary N) is 1. The lowest BCUT2D eigenvalue weighted by Gasteiger charge is -2.17. The second-order valence-electron chi connectivity index (χ2n) is 3.63. The molecule has 0 amide bonds. The predicted molar refractivity (Wildman–Crippen MR) is 55.1 cm³/mol. The molecule has 0 heterocycles. The van der Waals surface area contributed by atoms with Crippen molar-refractivity contribution >= 4 is 21.8 Å². The Morgan fingerprint density at radius 2 is 1.83 bits per heavy atom. The maximum Gasteiger partial charge on any atom is 0.208 e. The molecule has 0 aromatic rings. The lowest BCUT2D eigenvalue weighted by atomic mass is 10.3. The molecule has 0 radical (unpaired) electrons. The summed E-state index contributed by atoms with van der Waals surface area (Å²) in [6, 6.07) is 0. The van der Waals surface area contributed by atoms with Crippen LogP contribution >= 0.6 is 11.8 Å². The van der Waals surface area contributed by atoms with E-state index in [1.807, 2.05) is 0 Å². The molecule has 0 aromatic heterocycles. The van der Waals surface area contributed by atoms with Gasteiger partial charge in [-0.25, -0.2) is 13.1 Å². The molecule has 12 heavy (non-hydrogen) atoms. The Balaban J connectivity index is 3.48. The molecule has 5 heteroatoms. The molecule has 0 aliphatic carbocycles. The lowest BCUT2D eigenvalue weighted by Crippen LogP contribution is -2.25. The highest BCUT2D eigenvalue weighted by atomic mass is 32.2. The fraction of sp³-hybridized carbons (Fsp3) is 1.00. The van der Waals surface area contributed by atoms with Crippen molar-refractivity contribution < 1.29 is 8.42 Å². The van der Waals surface area contributed by atoms with Crippen LogP contribution in [0.5, 0.6) is 0 Å². The summed E-state index contributed by atoms with van der Waals surface area (Å²) in [5.74, 6) is 0.816. The Labute approximate surface area is 79.4 Å². The van der Waals surface area contributed by atoms with E-state index in [0.29, 0.717) is 6.54 Å². The first-order valence-corrected chi connectivity index (χ1v) is 6.67. The van der Waals surface area contributed by atoms with Crippen molar-refractivity contribution in [2.45, 2.75) is 25.5 Å². The second-order valence-corrected chi connectivity index (χ2v) is 7.38. The molecule has 0 saturated carbocycles. The molecule has 3 nitrogen and oxygen atoms in total. The van der Waals surface area contributed by atoms with E-state index in [1.54, 1.807) is 11.8 Å². The number of rotatable bonds is 4. The van der Waals surface area contributed by atoms with Gasteiger partial charge in [-0.15, -0.1) is 0 Å². The zero-order chi connectivity index (χ0) is 9.83. The molecular weight excluding hydrogens is 194 g/mol. The Morgan fingerprint density at radius 3 is 2.17 bits per heavy atom. The van der Waals surface area contributed by atoms with Crippen molar-refractivity contribution in [1.82, 2.24) is 4.72 Å². The summed E-state index contributed by atoms with van der Waals surface area (Å²) in [5, 5.41) is 0. The molecule has 0 atom stereocenters. The van der Waals surface area contributed by atoms with Crippen molar-refractivity contribution in [3.8, 4) is 0 Å². The van der Waals surface area contributed by atoms with Crippen LogP contribution in [0.25, 0.3) is 0 Å². The third-order valence-corrected chi connectivity index (χ3v) is 3.00. The fourth-order valence-corrected chi connectivity index (χ4v) is 2.00. The van der Waals surface area contributed by atoms with E-state index in [4.69, 9.17) is 0 Å². The monoisotopic (exact) mass is 211 g/mol. The van der Waals surface area contributed by atoms with Gasteiger partial charge in [-0.1, -0.05) is 20.8 Å². The highest BCUT2D eigenvalue weighted by molar-refractivity contribution is 8.00. The van der Waals surface area contributed by atoms with Gasteiger partial charge in [0.2, 0.25) is 10.0 Å². The summed E-state index contributed by atoms with van der Waals surface area (Å²) in [6.45, 7) is 6.84. The molecule has 0 unspecified atom stereocenters. The molecule has 0 spiro atoms. The largest absolute Gasteiger partial charge is 0.215 e. The van der Waals surface area contributed by atoms with E-state index in [0.717, 1.165) is 5.75 Å². The zero-order valence-electron chi connectivity index (χ0n) is 8.05. The van der Waals surface area contributed by atoms with Crippen molar-refractivity contribution in [3.05, 3.63) is 0 Å². The molecule has 0 aliphatic rings. The summed E-state index contributed by atoms with van der Waals surface area (Å²) in [7, 11) is -3.01. The topological polar surface area (TPSA) is 46.2 Å². The third-order valence-electron chi connectivity index (χ3n) is 1.00. The lowest BCUT2D eigenvalue weighted by molar-refractivity contribution is 0.590. The average molecular weight is 211 g/mol. The minimum absolute atomic E-state index is 0.208. The van der Waals surface area contributed by atoms with Crippen molar-refractivity contribution in [2.75, 3.05) is 18.6 Å². The van der Waals surface area contributed by atoms with Gasteiger partial charge >= 0.3 is 0 Å². The summed E-state index contributed by atoms with van der Waals surface area (Å²) in [4.78, 5) is 0. The second kappa shape index (κ2) is 4.48. The molecular formula is C7H17NO2S2. The van der Waals surface area contributed by atoms with E-state index < -0.39 is 10.0 Å². The zero-order valence-corrected chi connectivity index (χ0v) is 9.68. The predicted octanol–water partition coefficient (Wildman–Crippen LogP) is 1.07. The van der Waals surface area contributed by atoms with E-state index in [1.165, 1.54) is 6.26 Å². The van der Waals surface area contributed by atoms with Gasteiger partial charge in [0, 0.05) is 17.0 Å². The van der Waals surface area contributed by atoms with Gasteiger partial charge in [-0.2, -0.15) is 11.8 Å². The number of thioether (sulfide) groups is 1. The molecule has 0 aliphatic heterocycles. The Bertz CT molecular complexity index is 216. The van der Waals surface area contributed by atoms with Crippen molar-refractivity contribution in [2.24, 2.45) is 0 Å². The molecule has 0 aromatic carbocycles. The summed E-state index contributed by atoms with van der Waals surface area (Å²) in [5.41, 5.74) is 0. The Hall–Kier alpha value is 0.260. The molecule has 0 rings (SSSR count). The molecule has 0 bridgehead atoms. The molecule has 0 saturated heterocycles. The fourth-order valence-electron chi connectivity index (χ4n) is 0.584. The van der Waals surface area contributed by atoms with Gasteiger partial charge in [0.15, 0.2) is 0 Å². The Morgan fingerprint density at radius 1 is 1.33 bits per heavy atom. The number of hydrogen-bond donors (Lipinski definition) is 1. The van der Waals surface area contributed by atoms with Crippen LogP contribution in [0.15, 0.2) is 0 Å². The van der Waals surface area contributed by atoms with Crippen LogP contribution in [0.2, 0.25) is 0 Å². The highest BCUT2D eigenvalue weighted by Gasteiger charge is 2.09. The van der Waals surface area contributed by atoms with Crippen LogP contribution in [-0.4, -0.2) is 31.7 Å². The first kappa shape index (κ1) is 12.3. The standard InChI is InChI=1S/C7H17NO2S2/c1-7(2,3)11-6-5-8-12(4,9)10/h8H,5-6H2,1-4H3. The summed E-state index contributed by atoms with van der Waals surface area (Å²) < 4.78 is 23.9. The van der Waals surface area contributed by atoms with E-state index in [2.05, 4.69) is 25.5 Å². The van der Waals surface area contributed by atoms with Gasteiger partial charge in [-0.3, -0.25) is 0 Å². The third kappa shape index (κ3) is 10.3. The van der Waals surface area contributed by atoms with Crippen LogP contribution in [0.3, 0.4) is 0 Å². The van der Waals surface area contributed by atoms with Gasteiger partial charge in [0.25, 0.3) is 0 Å². The first-order valence-electron chi connectivity index (χ1n) is 3.79. The van der Waals surface area contributed by atoms with Gasteiger partial charge in [0.1, 0.15) is 0 Å². The van der Waals surface area contributed by atoms with E-state index >= 15 is 0 Å². The SMILES string of the molecule is CC(C)(C)SCCNS(C)(=O)=O. The summed E-state index contributed by atoms with van der Waals surface area (Å²) >= 11 is 1.75. The molecule has 0 fully saturated rings. The minimum atomic E-state index is -3.01. The molecule has 74 valence electrons. The van der Waals surface area contributed by atoms with Crippen LogP contribution in [0.1, 0.15) is 20.8 Å². The highest BCUT2D eigenvalue weighted by Crippen LogP contribution is 2.21.